The Kier molecular flexibility index (Phi) is 4.32. The number of hydrogen-bond donors (Lipinski definition) is 1. The number of ether oxygens (including phenoxy) is 2. The lowest BCUT2D eigenvalue weighted by Gasteiger charge is -2.40. The van der Waals surface area contributed by atoms with E-state index in [-0.39, 0.29) is 17.5 Å². The third-order valence-electron chi connectivity index (χ3n) is 5.04. The number of carbonyl (C=O) groups is 2. The van der Waals surface area contributed by atoms with Crippen LogP contribution in [0.1, 0.15) is 16.7 Å². The van der Waals surface area contributed by atoms with E-state index in [0.29, 0.717) is 30.0 Å². The van der Waals surface area contributed by atoms with E-state index in [1.165, 1.54) is 0 Å². The lowest BCUT2D eigenvalue weighted by Crippen LogP contribution is -2.58. The fraction of sp³-hybridized carbons (Fsp3) is 0.238. The number of piperazine rings is 1. The molecule has 138 valence electrons. The summed E-state index contributed by atoms with van der Waals surface area (Å²) in [5, 5.41) is 2.77. The number of benzene rings is 2. The Hall–Kier alpha value is -3.28. The number of fused-ring (bicyclic) bond motifs is 2. The standard InChI is InChI=1S/C21H20N2O4/c1-26-16-8-7-14(19(11-16)27-2)9-17-21(25)23-12-15-6-4-3-5-13(15)10-18(23)20(24)22-17/h3-9,11,18H,10,12H2,1-2H3,(H,22,24)/b17-9+/t18-/m1/s1. The molecule has 1 N–H and O–H groups in total. The number of rotatable bonds is 3. The number of amides is 2. The zero-order valence-electron chi connectivity index (χ0n) is 15.2. The minimum atomic E-state index is -0.470. The number of hydrogen-bond acceptors (Lipinski definition) is 4. The maximum absolute atomic E-state index is 13.0. The molecule has 0 unspecified atom stereocenters. The van der Waals surface area contributed by atoms with Gasteiger partial charge in [-0.2, -0.15) is 0 Å². The minimum absolute atomic E-state index is 0.164. The summed E-state index contributed by atoms with van der Waals surface area (Å²) in [6.45, 7) is 0.435. The van der Waals surface area contributed by atoms with Crippen molar-refractivity contribution in [2.45, 2.75) is 19.0 Å². The van der Waals surface area contributed by atoms with Crippen molar-refractivity contribution in [1.82, 2.24) is 10.2 Å². The van der Waals surface area contributed by atoms with Crippen LogP contribution in [0, 0.1) is 0 Å². The van der Waals surface area contributed by atoms with Gasteiger partial charge < -0.3 is 19.7 Å². The predicted molar refractivity (Wildman–Crippen MR) is 100 cm³/mol. The molecular weight excluding hydrogens is 344 g/mol. The Labute approximate surface area is 157 Å². The van der Waals surface area contributed by atoms with Gasteiger partial charge in [-0.15, -0.1) is 0 Å². The monoisotopic (exact) mass is 364 g/mol. The van der Waals surface area contributed by atoms with Crippen LogP contribution in [0.3, 0.4) is 0 Å². The van der Waals surface area contributed by atoms with Crippen molar-refractivity contribution < 1.29 is 19.1 Å². The summed E-state index contributed by atoms with van der Waals surface area (Å²) in [7, 11) is 3.13. The summed E-state index contributed by atoms with van der Waals surface area (Å²) in [5.41, 5.74) is 3.14. The van der Waals surface area contributed by atoms with Crippen molar-refractivity contribution in [3.63, 3.8) is 0 Å². The maximum Gasteiger partial charge on any atom is 0.271 e. The molecule has 0 radical (unpaired) electrons. The average Bonchev–Trinajstić information content (AvgIpc) is 2.71. The van der Waals surface area contributed by atoms with E-state index in [4.69, 9.17) is 9.47 Å². The molecule has 2 aliphatic rings. The molecule has 0 spiro atoms. The van der Waals surface area contributed by atoms with E-state index in [2.05, 4.69) is 5.32 Å². The lowest BCUT2D eigenvalue weighted by molar-refractivity contribution is -0.143. The quantitative estimate of drug-likeness (QED) is 0.848. The highest BCUT2D eigenvalue weighted by Gasteiger charge is 2.40. The molecule has 1 saturated heterocycles. The van der Waals surface area contributed by atoms with Crippen molar-refractivity contribution >= 4 is 17.9 Å². The normalized spacial score (nSPS) is 20.0. The molecule has 1 fully saturated rings. The van der Waals surface area contributed by atoms with Gasteiger partial charge in [0.15, 0.2) is 0 Å². The van der Waals surface area contributed by atoms with Gasteiger partial charge in [-0.1, -0.05) is 24.3 Å². The average molecular weight is 364 g/mol. The number of carbonyl (C=O) groups excluding carboxylic acids is 2. The zero-order chi connectivity index (χ0) is 19.0. The molecule has 27 heavy (non-hydrogen) atoms. The zero-order valence-corrected chi connectivity index (χ0v) is 15.2. The van der Waals surface area contributed by atoms with Crippen LogP contribution in [0.5, 0.6) is 11.5 Å². The first-order chi connectivity index (χ1) is 13.1. The highest BCUT2D eigenvalue weighted by Crippen LogP contribution is 2.30. The lowest BCUT2D eigenvalue weighted by atomic mass is 9.91. The van der Waals surface area contributed by atoms with E-state index in [1.54, 1.807) is 43.4 Å². The first-order valence-corrected chi connectivity index (χ1v) is 8.73. The number of nitrogens with zero attached hydrogens (tertiary/aromatic N) is 1. The summed E-state index contributed by atoms with van der Waals surface area (Å²) >= 11 is 0. The van der Waals surface area contributed by atoms with Crippen LogP contribution in [-0.4, -0.2) is 37.0 Å². The second kappa shape index (κ2) is 6.79. The fourth-order valence-electron chi connectivity index (χ4n) is 3.59. The molecule has 6 heteroatoms. The Morgan fingerprint density at radius 1 is 1.07 bits per heavy atom. The smallest absolute Gasteiger partial charge is 0.271 e. The second-order valence-electron chi connectivity index (χ2n) is 6.58. The van der Waals surface area contributed by atoms with Gasteiger partial charge in [0.05, 0.1) is 14.2 Å². The molecule has 2 amide bonds. The minimum Gasteiger partial charge on any atom is -0.497 e. The second-order valence-corrected chi connectivity index (χ2v) is 6.58. The van der Waals surface area contributed by atoms with Gasteiger partial charge in [0.25, 0.3) is 5.91 Å². The summed E-state index contributed by atoms with van der Waals surface area (Å²) in [5.74, 6) is 0.866. The molecule has 1 atom stereocenters. The van der Waals surface area contributed by atoms with Crippen molar-refractivity contribution in [3.8, 4) is 11.5 Å². The van der Waals surface area contributed by atoms with Crippen LogP contribution in [-0.2, 0) is 22.6 Å². The molecule has 0 aliphatic carbocycles. The molecule has 6 nitrogen and oxygen atoms in total. The molecule has 2 heterocycles. The molecule has 2 aliphatic heterocycles. The van der Waals surface area contributed by atoms with Gasteiger partial charge >= 0.3 is 0 Å². The molecule has 0 aromatic heterocycles. The van der Waals surface area contributed by atoms with Crippen molar-refractivity contribution in [2.75, 3.05) is 14.2 Å². The molecule has 2 aromatic rings. The third kappa shape index (κ3) is 3.03. The Morgan fingerprint density at radius 3 is 2.59 bits per heavy atom. The van der Waals surface area contributed by atoms with Crippen molar-refractivity contribution in [2.24, 2.45) is 0 Å². The van der Waals surface area contributed by atoms with Gasteiger partial charge in [0.2, 0.25) is 5.91 Å². The van der Waals surface area contributed by atoms with Gasteiger partial charge in [-0.3, -0.25) is 9.59 Å². The van der Waals surface area contributed by atoms with Crippen LogP contribution in [0.15, 0.2) is 48.2 Å². The van der Waals surface area contributed by atoms with E-state index in [0.717, 1.165) is 11.1 Å². The van der Waals surface area contributed by atoms with E-state index in [9.17, 15) is 9.59 Å². The van der Waals surface area contributed by atoms with Crippen molar-refractivity contribution in [1.29, 1.82) is 0 Å². The number of methoxy groups -OCH3 is 2. The maximum atomic E-state index is 13.0. The number of nitrogens with one attached hydrogen (secondary N) is 1. The highest BCUT2D eigenvalue weighted by atomic mass is 16.5. The predicted octanol–water partition coefficient (Wildman–Crippen LogP) is 2.13. The Morgan fingerprint density at radius 2 is 1.85 bits per heavy atom. The molecule has 2 aromatic carbocycles. The summed E-state index contributed by atoms with van der Waals surface area (Å²) < 4.78 is 10.6. The largest absolute Gasteiger partial charge is 0.497 e. The third-order valence-corrected chi connectivity index (χ3v) is 5.04. The Bertz CT molecular complexity index is 951. The first kappa shape index (κ1) is 17.1. The van der Waals surface area contributed by atoms with E-state index >= 15 is 0 Å². The molecule has 0 bridgehead atoms. The van der Waals surface area contributed by atoms with E-state index in [1.807, 2.05) is 24.3 Å². The van der Waals surface area contributed by atoms with Gasteiger partial charge in [-0.05, 0) is 29.3 Å². The van der Waals surface area contributed by atoms with Crippen LogP contribution < -0.4 is 14.8 Å². The SMILES string of the molecule is COc1ccc(/C=C2/NC(=O)[C@H]3Cc4ccccc4CN3C2=O)c(OC)c1. The van der Waals surface area contributed by atoms with Crippen LogP contribution in [0.4, 0.5) is 0 Å². The van der Waals surface area contributed by atoms with Gasteiger partial charge in [0.1, 0.15) is 23.2 Å². The van der Waals surface area contributed by atoms with Crippen LogP contribution in [0.25, 0.3) is 6.08 Å². The summed E-state index contributed by atoms with van der Waals surface area (Å²) in [6, 6.07) is 12.8. The molecule has 0 saturated carbocycles. The van der Waals surface area contributed by atoms with Gasteiger partial charge in [0, 0.05) is 24.6 Å². The van der Waals surface area contributed by atoms with E-state index < -0.39 is 6.04 Å². The summed E-state index contributed by atoms with van der Waals surface area (Å²) in [6.07, 6.45) is 2.18. The molecular formula is C21H20N2O4. The molecule has 4 rings (SSSR count). The van der Waals surface area contributed by atoms with Crippen LogP contribution >= 0.6 is 0 Å². The summed E-state index contributed by atoms with van der Waals surface area (Å²) in [4.78, 5) is 27.3. The first-order valence-electron chi connectivity index (χ1n) is 8.73. The Balaban J connectivity index is 1.68. The van der Waals surface area contributed by atoms with Gasteiger partial charge in [-0.25, -0.2) is 0 Å². The topological polar surface area (TPSA) is 67.9 Å². The van der Waals surface area contributed by atoms with Crippen molar-refractivity contribution in [3.05, 3.63) is 64.9 Å². The fourth-order valence-corrected chi connectivity index (χ4v) is 3.59. The van der Waals surface area contributed by atoms with Crippen LogP contribution in [0.2, 0.25) is 0 Å². The highest BCUT2D eigenvalue weighted by molar-refractivity contribution is 6.07.